The number of hydrogen-bond acceptors (Lipinski definition) is 2. The summed E-state index contributed by atoms with van der Waals surface area (Å²) >= 11 is 3.34. The van der Waals surface area contributed by atoms with Crippen LogP contribution in [0.5, 0.6) is 0 Å². The van der Waals surface area contributed by atoms with E-state index in [0.717, 1.165) is 17.2 Å². The lowest BCUT2D eigenvalue weighted by atomic mass is 10.1. The van der Waals surface area contributed by atoms with E-state index < -0.39 is 5.97 Å². The summed E-state index contributed by atoms with van der Waals surface area (Å²) < 4.78 is 5.05. The Morgan fingerprint density at radius 3 is 2.73 bits per heavy atom. The van der Waals surface area contributed by atoms with Crippen molar-refractivity contribution in [2.24, 2.45) is 0 Å². The Morgan fingerprint density at radius 2 is 2.20 bits per heavy atom. The molecule has 0 aromatic heterocycles. The van der Waals surface area contributed by atoms with Gasteiger partial charge in [0, 0.05) is 10.9 Å². The van der Waals surface area contributed by atoms with E-state index in [0.29, 0.717) is 11.1 Å². The van der Waals surface area contributed by atoms with Crippen LogP contribution in [0, 0.1) is 0 Å². The fraction of sp³-hybridized carbons (Fsp3) is 0.182. The van der Waals surface area contributed by atoms with Crippen LogP contribution < -0.4 is 0 Å². The Kier molecular flexibility index (Phi) is 4.37. The van der Waals surface area contributed by atoms with E-state index in [4.69, 9.17) is 9.84 Å². The lowest BCUT2D eigenvalue weighted by molar-refractivity contribution is -0.131. The molecule has 1 aromatic carbocycles. The third-order valence-corrected chi connectivity index (χ3v) is 2.51. The van der Waals surface area contributed by atoms with Gasteiger partial charge in [0.15, 0.2) is 0 Å². The second kappa shape index (κ2) is 5.56. The third-order valence-electron chi connectivity index (χ3n) is 1.90. The highest BCUT2D eigenvalue weighted by molar-refractivity contribution is 9.08. The molecule has 80 valence electrons. The van der Waals surface area contributed by atoms with Crippen LogP contribution >= 0.6 is 15.9 Å². The van der Waals surface area contributed by atoms with Gasteiger partial charge in [0.25, 0.3) is 0 Å². The van der Waals surface area contributed by atoms with Gasteiger partial charge in [-0.2, -0.15) is 0 Å². The van der Waals surface area contributed by atoms with Crippen LogP contribution in [0.1, 0.15) is 11.1 Å². The van der Waals surface area contributed by atoms with Gasteiger partial charge in [-0.25, -0.2) is 4.79 Å². The van der Waals surface area contributed by atoms with Crippen molar-refractivity contribution in [2.45, 2.75) is 5.33 Å². The van der Waals surface area contributed by atoms with Crippen LogP contribution in [0.15, 0.2) is 30.3 Å². The largest absolute Gasteiger partial charge is 0.496 e. The van der Waals surface area contributed by atoms with Crippen LogP contribution in [0.2, 0.25) is 0 Å². The van der Waals surface area contributed by atoms with E-state index in [9.17, 15) is 4.79 Å². The first-order valence-corrected chi connectivity index (χ1v) is 5.44. The molecule has 0 saturated heterocycles. The molecule has 0 spiro atoms. The van der Waals surface area contributed by atoms with Crippen molar-refractivity contribution in [3.63, 3.8) is 0 Å². The molecule has 0 aliphatic rings. The minimum absolute atomic E-state index is 0.359. The van der Waals surface area contributed by atoms with Crippen LogP contribution in [0.4, 0.5) is 0 Å². The third kappa shape index (κ3) is 3.09. The average molecular weight is 271 g/mol. The van der Waals surface area contributed by atoms with Gasteiger partial charge in [0.05, 0.1) is 13.2 Å². The molecule has 0 amide bonds. The van der Waals surface area contributed by atoms with Gasteiger partial charge in [-0.1, -0.05) is 40.2 Å². The van der Waals surface area contributed by atoms with Gasteiger partial charge < -0.3 is 9.84 Å². The maximum atomic E-state index is 10.6. The maximum absolute atomic E-state index is 10.6. The van der Waals surface area contributed by atoms with Gasteiger partial charge in [-0.3, -0.25) is 0 Å². The molecule has 0 bridgehead atoms. The SMILES string of the molecule is CO/C(=C\C(=O)O)c1ccccc1CBr. The summed E-state index contributed by atoms with van der Waals surface area (Å²) in [4.78, 5) is 10.6. The number of carboxylic acids is 1. The molecule has 4 heteroatoms. The van der Waals surface area contributed by atoms with Gasteiger partial charge in [-0.05, 0) is 5.56 Å². The molecule has 1 aromatic rings. The highest BCUT2D eigenvalue weighted by atomic mass is 79.9. The van der Waals surface area contributed by atoms with Gasteiger partial charge in [0.2, 0.25) is 0 Å². The Hall–Kier alpha value is -1.29. The summed E-state index contributed by atoms with van der Waals surface area (Å²) in [6.45, 7) is 0. The lowest BCUT2D eigenvalue weighted by Crippen LogP contribution is -1.97. The molecule has 0 aliphatic carbocycles. The summed E-state index contributed by atoms with van der Waals surface area (Å²) in [6, 6.07) is 7.48. The van der Waals surface area contributed by atoms with E-state index in [1.165, 1.54) is 7.11 Å². The first-order chi connectivity index (χ1) is 7.19. The molecule has 15 heavy (non-hydrogen) atoms. The number of carbonyl (C=O) groups is 1. The second-order valence-corrected chi connectivity index (χ2v) is 3.40. The predicted molar refractivity (Wildman–Crippen MR) is 61.7 cm³/mol. The molecule has 0 saturated carbocycles. The maximum Gasteiger partial charge on any atom is 0.332 e. The van der Waals surface area contributed by atoms with E-state index in [2.05, 4.69) is 15.9 Å². The number of benzene rings is 1. The zero-order valence-corrected chi connectivity index (χ0v) is 9.82. The highest BCUT2D eigenvalue weighted by Crippen LogP contribution is 2.21. The fourth-order valence-electron chi connectivity index (χ4n) is 1.24. The number of alkyl halides is 1. The molecule has 0 aliphatic heterocycles. The summed E-state index contributed by atoms with van der Waals surface area (Å²) in [5.74, 6) is -0.659. The number of halogens is 1. The molecular weight excluding hydrogens is 260 g/mol. The monoisotopic (exact) mass is 270 g/mol. The van der Waals surface area contributed by atoms with Crippen molar-refractivity contribution in [1.29, 1.82) is 0 Å². The predicted octanol–water partition coefficient (Wildman–Crippen LogP) is 2.65. The van der Waals surface area contributed by atoms with E-state index in [-0.39, 0.29) is 0 Å². The van der Waals surface area contributed by atoms with Crippen molar-refractivity contribution >= 4 is 27.7 Å². The molecule has 0 fully saturated rings. The second-order valence-electron chi connectivity index (χ2n) is 2.84. The van der Waals surface area contributed by atoms with Gasteiger partial charge >= 0.3 is 5.97 Å². The number of carboxylic acid groups (broad SMARTS) is 1. The highest BCUT2D eigenvalue weighted by Gasteiger charge is 2.08. The van der Waals surface area contributed by atoms with Crippen molar-refractivity contribution < 1.29 is 14.6 Å². The van der Waals surface area contributed by atoms with E-state index >= 15 is 0 Å². The normalized spacial score (nSPS) is 11.2. The summed E-state index contributed by atoms with van der Waals surface area (Å²) in [6.07, 6.45) is 1.06. The number of methoxy groups -OCH3 is 1. The van der Waals surface area contributed by atoms with Gasteiger partial charge in [-0.15, -0.1) is 0 Å². The first kappa shape index (κ1) is 11.8. The first-order valence-electron chi connectivity index (χ1n) is 4.32. The van der Waals surface area contributed by atoms with Crippen molar-refractivity contribution in [1.82, 2.24) is 0 Å². The lowest BCUT2D eigenvalue weighted by Gasteiger charge is -2.09. The van der Waals surface area contributed by atoms with Crippen LogP contribution in [-0.2, 0) is 14.9 Å². The van der Waals surface area contributed by atoms with Crippen LogP contribution in [0.3, 0.4) is 0 Å². The molecular formula is C11H11BrO3. The Bertz CT molecular complexity index is 385. The van der Waals surface area contributed by atoms with Crippen molar-refractivity contribution in [3.05, 3.63) is 41.5 Å². The summed E-state index contributed by atoms with van der Waals surface area (Å²) in [5.41, 5.74) is 1.78. The summed E-state index contributed by atoms with van der Waals surface area (Å²) in [7, 11) is 1.46. The van der Waals surface area contributed by atoms with Crippen LogP contribution in [-0.4, -0.2) is 18.2 Å². The quantitative estimate of drug-likeness (QED) is 0.520. The van der Waals surface area contributed by atoms with Gasteiger partial charge in [0.1, 0.15) is 5.76 Å². The molecule has 3 nitrogen and oxygen atoms in total. The Morgan fingerprint density at radius 1 is 1.53 bits per heavy atom. The Balaban J connectivity index is 3.17. The van der Waals surface area contributed by atoms with Crippen LogP contribution in [0.25, 0.3) is 5.76 Å². The molecule has 0 heterocycles. The number of hydrogen-bond donors (Lipinski definition) is 1. The Labute approximate surface area is 96.5 Å². The minimum atomic E-state index is -1.02. The minimum Gasteiger partial charge on any atom is -0.496 e. The molecule has 0 unspecified atom stereocenters. The number of rotatable bonds is 4. The number of ether oxygens (including phenoxy) is 1. The van der Waals surface area contributed by atoms with Crippen molar-refractivity contribution in [3.8, 4) is 0 Å². The van der Waals surface area contributed by atoms with E-state index in [1.807, 2.05) is 24.3 Å². The van der Waals surface area contributed by atoms with E-state index in [1.54, 1.807) is 0 Å². The number of aliphatic carboxylic acids is 1. The van der Waals surface area contributed by atoms with Crippen molar-refractivity contribution in [2.75, 3.05) is 7.11 Å². The topological polar surface area (TPSA) is 46.5 Å². The zero-order valence-electron chi connectivity index (χ0n) is 8.24. The zero-order chi connectivity index (χ0) is 11.3. The fourth-order valence-corrected chi connectivity index (χ4v) is 1.72. The molecule has 1 rings (SSSR count). The molecule has 1 N–H and O–H groups in total. The average Bonchev–Trinajstić information content (AvgIpc) is 2.25. The molecule has 0 atom stereocenters. The smallest absolute Gasteiger partial charge is 0.332 e. The summed E-state index contributed by atoms with van der Waals surface area (Å²) in [5, 5.41) is 9.33. The molecule has 0 radical (unpaired) electrons. The standard InChI is InChI=1S/C11H11BrO3/c1-15-10(6-11(13)14)9-5-3-2-4-8(9)7-12/h2-6H,7H2,1H3,(H,13,14)/b10-6-.